The largest absolute Gasteiger partial charge is 0.373 e. The lowest BCUT2D eigenvalue weighted by molar-refractivity contribution is -0.0880. The molecule has 0 amide bonds. The van der Waals surface area contributed by atoms with Gasteiger partial charge in [0.05, 0.1) is 12.2 Å². The van der Waals surface area contributed by atoms with Crippen LogP contribution in [0.15, 0.2) is 0 Å². The lowest BCUT2D eigenvalue weighted by Gasteiger charge is -2.41. The zero-order chi connectivity index (χ0) is 13.6. The second-order valence-corrected chi connectivity index (χ2v) is 6.78. The Labute approximate surface area is 119 Å². The average molecular weight is 267 g/mol. The van der Waals surface area contributed by atoms with Crippen LogP contribution in [0.3, 0.4) is 0 Å². The summed E-state index contributed by atoms with van der Waals surface area (Å²) < 4.78 is 6.49. The van der Waals surface area contributed by atoms with Crippen molar-refractivity contribution in [2.24, 2.45) is 11.8 Å². The van der Waals surface area contributed by atoms with Crippen LogP contribution in [0.4, 0.5) is 0 Å². The van der Waals surface area contributed by atoms with Crippen LogP contribution in [0.1, 0.15) is 71.6 Å². The normalized spacial score (nSPS) is 32.8. The SMILES string of the molecule is CCNCC1(OCC2CCCC2)CCC(CC)CC1. The van der Waals surface area contributed by atoms with Gasteiger partial charge in [-0.25, -0.2) is 0 Å². The first-order chi connectivity index (χ1) is 9.28. The van der Waals surface area contributed by atoms with Gasteiger partial charge in [-0.2, -0.15) is 0 Å². The average Bonchev–Trinajstić information content (AvgIpc) is 2.97. The number of likely N-dealkylation sites (N-methyl/N-ethyl adjacent to an activating group) is 1. The molecule has 0 spiro atoms. The Morgan fingerprint density at radius 3 is 2.26 bits per heavy atom. The number of ether oxygens (including phenoxy) is 1. The van der Waals surface area contributed by atoms with Crippen LogP contribution in [0.2, 0.25) is 0 Å². The molecule has 0 atom stereocenters. The van der Waals surface area contributed by atoms with Crippen molar-refractivity contribution in [1.29, 1.82) is 0 Å². The molecule has 2 fully saturated rings. The summed E-state index contributed by atoms with van der Waals surface area (Å²) in [6.07, 6.45) is 12.3. The molecule has 0 aromatic heterocycles. The fourth-order valence-electron chi connectivity index (χ4n) is 3.81. The van der Waals surface area contributed by atoms with E-state index in [0.29, 0.717) is 0 Å². The molecule has 2 aliphatic rings. The summed E-state index contributed by atoms with van der Waals surface area (Å²) in [5.74, 6) is 1.80. The summed E-state index contributed by atoms with van der Waals surface area (Å²) in [6, 6.07) is 0. The lowest BCUT2D eigenvalue weighted by Crippen LogP contribution is -2.46. The summed E-state index contributed by atoms with van der Waals surface area (Å²) >= 11 is 0. The molecule has 0 aromatic rings. The second-order valence-electron chi connectivity index (χ2n) is 6.78. The third-order valence-electron chi connectivity index (χ3n) is 5.39. The van der Waals surface area contributed by atoms with Gasteiger partial charge in [0.1, 0.15) is 0 Å². The molecular weight excluding hydrogens is 234 g/mol. The van der Waals surface area contributed by atoms with Gasteiger partial charge >= 0.3 is 0 Å². The molecule has 0 bridgehead atoms. The minimum absolute atomic E-state index is 0.157. The molecule has 0 radical (unpaired) electrons. The molecule has 0 aliphatic heterocycles. The van der Waals surface area contributed by atoms with Crippen LogP contribution in [-0.4, -0.2) is 25.3 Å². The Hall–Kier alpha value is -0.0800. The highest BCUT2D eigenvalue weighted by molar-refractivity contribution is 4.89. The maximum absolute atomic E-state index is 6.49. The number of nitrogens with one attached hydrogen (secondary N) is 1. The maximum atomic E-state index is 6.49. The summed E-state index contributed by atoms with van der Waals surface area (Å²) in [7, 11) is 0. The van der Waals surface area contributed by atoms with Gasteiger partial charge < -0.3 is 10.1 Å². The molecule has 0 heterocycles. The monoisotopic (exact) mass is 267 g/mol. The van der Waals surface area contributed by atoms with E-state index in [1.807, 2.05) is 0 Å². The van der Waals surface area contributed by atoms with E-state index >= 15 is 0 Å². The summed E-state index contributed by atoms with van der Waals surface area (Å²) in [5.41, 5.74) is 0.157. The first-order valence-electron chi connectivity index (χ1n) is 8.62. The quantitative estimate of drug-likeness (QED) is 0.748. The summed E-state index contributed by atoms with van der Waals surface area (Å²) in [4.78, 5) is 0. The van der Waals surface area contributed by atoms with Crippen molar-refractivity contribution in [3.63, 3.8) is 0 Å². The molecule has 0 saturated heterocycles. The molecular formula is C17H33NO. The van der Waals surface area contributed by atoms with Gasteiger partial charge in [-0.3, -0.25) is 0 Å². The Bertz CT molecular complexity index is 240. The highest BCUT2D eigenvalue weighted by Crippen LogP contribution is 2.37. The molecule has 0 aromatic carbocycles. The standard InChI is InChI=1S/C17H33NO/c1-3-15-9-11-17(12-10-15,14-18-4-2)19-13-16-7-5-6-8-16/h15-16,18H,3-14H2,1-2H3. The van der Waals surface area contributed by atoms with E-state index in [0.717, 1.165) is 31.5 Å². The van der Waals surface area contributed by atoms with Crippen molar-refractivity contribution in [1.82, 2.24) is 5.32 Å². The van der Waals surface area contributed by atoms with Gasteiger partial charge in [0, 0.05) is 6.54 Å². The molecule has 0 unspecified atom stereocenters. The molecule has 2 nitrogen and oxygen atoms in total. The van der Waals surface area contributed by atoms with Crippen LogP contribution < -0.4 is 5.32 Å². The minimum atomic E-state index is 0.157. The van der Waals surface area contributed by atoms with Gasteiger partial charge in [0.2, 0.25) is 0 Å². The van der Waals surface area contributed by atoms with E-state index in [2.05, 4.69) is 19.2 Å². The lowest BCUT2D eigenvalue weighted by atomic mass is 9.77. The summed E-state index contributed by atoms with van der Waals surface area (Å²) in [5, 5.41) is 3.54. The van der Waals surface area contributed by atoms with Crippen LogP contribution >= 0.6 is 0 Å². The Kier molecular flexibility index (Phi) is 6.15. The Morgan fingerprint density at radius 1 is 1.00 bits per heavy atom. The predicted octanol–water partition coefficient (Wildman–Crippen LogP) is 4.14. The van der Waals surface area contributed by atoms with Gasteiger partial charge in [-0.1, -0.05) is 33.1 Å². The first-order valence-corrected chi connectivity index (χ1v) is 8.62. The second kappa shape index (κ2) is 7.64. The van der Waals surface area contributed by atoms with Gasteiger partial charge in [0.25, 0.3) is 0 Å². The van der Waals surface area contributed by atoms with E-state index in [1.54, 1.807) is 0 Å². The Morgan fingerprint density at radius 2 is 1.68 bits per heavy atom. The number of rotatable bonds is 7. The molecule has 112 valence electrons. The maximum Gasteiger partial charge on any atom is 0.0806 e. The third kappa shape index (κ3) is 4.46. The van der Waals surface area contributed by atoms with E-state index < -0.39 is 0 Å². The number of hydrogen-bond donors (Lipinski definition) is 1. The van der Waals surface area contributed by atoms with Crippen LogP contribution in [-0.2, 0) is 4.74 Å². The van der Waals surface area contributed by atoms with E-state index in [4.69, 9.17) is 4.74 Å². The number of hydrogen-bond acceptors (Lipinski definition) is 2. The Balaban J connectivity index is 1.83. The van der Waals surface area contributed by atoms with Crippen LogP contribution in [0.25, 0.3) is 0 Å². The topological polar surface area (TPSA) is 21.3 Å². The van der Waals surface area contributed by atoms with Crippen LogP contribution in [0, 0.1) is 11.8 Å². The third-order valence-corrected chi connectivity index (χ3v) is 5.39. The fourth-order valence-corrected chi connectivity index (χ4v) is 3.81. The highest BCUT2D eigenvalue weighted by Gasteiger charge is 2.36. The van der Waals surface area contributed by atoms with E-state index in [9.17, 15) is 0 Å². The zero-order valence-electron chi connectivity index (χ0n) is 13.0. The smallest absolute Gasteiger partial charge is 0.0806 e. The van der Waals surface area contributed by atoms with Gasteiger partial charge in [-0.15, -0.1) is 0 Å². The predicted molar refractivity (Wildman–Crippen MR) is 81.4 cm³/mol. The molecule has 2 aliphatic carbocycles. The first kappa shape index (κ1) is 15.3. The van der Waals surface area contributed by atoms with Gasteiger partial charge in [-0.05, 0) is 56.9 Å². The molecule has 1 N–H and O–H groups in total. The van der Waals surface area contributed by atoms with E-state index in [-0.39, 0.29) is 5.60 Å². The van der Waals surface area contributed by atoms with Crippen molar-refractivity contribution in [3.05, 3.63) is 0 Å². The van der Waals surface area contributed by atoms with Crippen LogP contribution in [0.5, 0.6) is 0 Å². The van der Waals surface area contributed by atoms with Crippen molar-refractivity contribution in [2.75, 3.05) is 19.7 Å². The minimum Gasteiger partial charge on any atom is -0.373 e. The molecule has 19 heavy (non-hydrogen) atoms. The van der Waals surface area contributed by atoms with E-state index in [1.165, 1.54) is 57.8 Å². The fraction of sp³-hybridized carbons (Fsp3) is 1.00. The van der Waals surface area contributed by atoms with Crippen molar-refractivity contribution in [3.8, 4) is 0 Å². The van der Waals surface area contributed by atoms with Crippen molar-refractivity contribution < 1.29 is 4.74 Å². The highest BCUT2D eigenvalue weighted by atomic mass is 16.5. The van der Waals surface area contributed by atoms with Gasteiger partial charge in [0.15, 0.2) is 0 Å². The van der Waals surface area contributed by atoms with Crippen molar-refractivity contribution >= 4 is 0 Å². The summed E-state index contributed by atoms with van der Waals surface area (Å²) in [6.45, 7) is 7.67. The molecule has 2 saturated carbocycles. The molecule has 2 rings (SSSR count). The molecule has 2 heteroatoms. The van der Waals surface area contributed by atoms with Crippen molar-refractivity contribution in [2.45, 2.75) is 77.2 Å². The zero-order valence-corrected chi connectivity index (χ0v) is 13.0.